The van der Waals surface area contributed by atoms with Crippen LogP contribution in [0.25, 0.3) is 0 Å². The average molecular weight is 373 g/mol. The maximum Gasteiger partial charge on any atom is 0.325 e. The van der Waals surface area contributed by atoms with Gasteiger partial charge in [-0.3, -0.25) is 9.69 Å². The summed E-state index contributed by atoms with van der Waals surface area (Å²) in [4.78, 5) is 18.3. The SMILES string of the molecule is COc1cc(C)cc(C(C(=O)O)N2CCC(Cn3ccnc3)CC2)c1OC. The number of benzene rings is 1. The Hall–Kier alpha value is -2.54. The van der Waals surface area contributed by atoms with Crippen LogP contribution in [0, 0.1) is 12.8 Å². The van der Waals surface area contributed by atoms with Crippen molar-refractivity contribution in [3.05, 3.63) is 42.0 Å². The number of hydrogen-bond acceptors (Lipinski definition) is 5. The number of carbonyl (C=O) groups is 1. The minimum Gasteiger partial charge on any atom is -0.493 e. The van der Waals surface area contributed by atoms with E-state index in [4.69, 9.17) is 9.47 Å². The van der Waals surface area contributed by atoms with E-state index in [2.05, 4.69) is 9.55 Å². The van der Waals surface area contributed by atoms with Gasteiger partial charge in [0.1, 0.15) is 6.04 Å². The Balaban J connectivity index is 1.79. The van der Waals surface area contributed by atoms with Crippen LogP contribution in [-0.4, -0.2) is 52.8 Å². The van der Waals surface area contributed by atoms with E-state index in [0.717, 1.165) is 38.0 Å². The number of likely N-dealkylation sites (tertiary alicyclic amines) is 1. The molecule has 0 spiro atoms. The number of methoxy groups -OCH3 is 2. The maximum absolute atomic E-state index is 12.2. The first-order valence-corrected chi connectivity index (χ1v) is 9.18. The fraction of sp³-hybridized carbons (Fsp3) is 0.500. The highest BCUT2D eigenvalue weighted by atomic mass is 16.5. The average Bonchev–Trinajstić information content (AvgIpc) is 3.15. The number of piperidine rings is 1. The van der Waals surface area contributed by atoms with Crippen molar-refractivity contribution in [1.82, 2.24) is 14.5 Å². The van der Waals surface area contributed by atoms with Crippen LogP contribution in [0.1, 0.15) is 30.0 Å². The fourth-order valence-corrected chi connectivity index (χ4v) is 3.91. The summed E-state index contributed by atoms with van der Waals surface area (Å²) in [5, 5.41) is 9.98. The number of rotatable bonds is 7. The molecule has 7 nitrogen and oxygen atoms in total. The number of aliphatic carboxylic acids is 1. The van der Waals surface area contributed by atoms with E-state index in [9.17, 15) is 9.90 Å². The van der Waals surface area contributed by atoms with E-state index < -0.39 is 12.0 Å². The van der Waals surface area contributed by atoms with E-state index in [-0.39, 0.29) is 0 Å². The Morgan fingerprint density at radius 3 is 2.59 bits per heavy atom. The topological polar surface area (TPSA) is 76.8 Å². The number of hydrogen-bond donors (Lipinski definition) is 1. The first-order valence-electron chi connectivity index (χ1n) is 9.18. The zero-order chi connectivity index (χ0) is 19.4. The van der Waals surface area contributed by atoms with Crippen LogP contribution in [0.5, 0.6) is 11.5 Å². The lowest BCUT2D eigenvalue weighted by molar-refractivity contribution is -0.144. The molecule has 0 bridgehead atoms. The fourth-order valence-electron chi connectivity index (χ4n) is 3.91. The predicted molar refractivity (Wildman–Crippen MR) is 101 cm³/mol. The lowest BCUT2D eigenvalue weighted by atomic mass is 9.93. The molecule has 1 unspecified atom stereocenters. The van der Waals surface area contributed by atoms with Gasteiger partial charge in [-0.2, -0.15) is 0 Å². The van der Waals surface area contributed by atoms with Gasteiger partial charge in [-0.15, -0.1) is 0 Å². The van der Waals surface area contributed by atoms with Gasteiger partial charge in [0.2, 0.25) is 0 Å². The molecule has 1 aliphatic heterocycles. The number of carboxylic acids is 1. The lowest BCUT2D eigenvalue weighted by Crippen LogP contribution is -2.41. The van der Waals surface area contributed by atoms with Crippen LogP contribution in [0.3, 0.4) is 0 Å². The molecule has 1 N–H and O–H groups in total. The van der Waals surface area contributed by atoms with Crippen molar-refractivity contribution >= 4 is 5.97 Å². The third-order valence-corrected chi connectivity index (χ3v) is 5.22. The molecule has 0 radical (unpaired) electrons. The summed E-state index contributed by atoms with van der Waals surface area (Å²) >= 11 is 0. The van der Waals surface area contributed by atoms with Crippen molar-refractivity contribution in [1.29, 1.82) is 0 Å². The monoisotopic (exact) mass is 373 g/mol. The van der Waals surface area contributed by atoms with Gasteiger partial charge in [0.15, 0.2) is 11.5 Å². The van der Waals surface area contributed by atoms with E-state index in [1.165, 1.54) is 0 Å². The molecule has 1 aromatic heterocycles. The molecule has 27 heavy (non-hydrogen) atoms. The molecule has 1 fully saturated rings. The standard InChI is InChI=1S/C20H27N3O4/c1-14-10-16(19(27-3)17(11-14)26-2)18(20(24)25)23-7-4-15(5-8-23)12-22-9-6-21-13-22/h6,9-11,13,15,18H,4-5,7-8,12H2,1-3H3,(H,24,25). The quantitative estimate of drug-likeness (QED) is 0.804. The Kier molecular flexibility index (Phi) is 6.01. The Bertz CT molecular complexity index is 768. The van der Waals surface area contributed by atoms with Crippen LogP contribution in [0.15, 0.2) is 30.9 Å². The van der Waals surface area contributed by atoms with Gasteiger partial charge in [0, 0.05) is 24.5 Å². The summed E-state index contributed by atoms with van der Waals surface area (Å²) in [5.74, 6) is 0.720. The molecule has 0 amide bonds. The van der Waals surface area contributed by atoms with Crippen LogP contribution < -0.4 is 9.47 Å². The largest absolute Gasteiger partial charge is 0.493 e. The molecule has 2 aromatic rings. The van der Waals surface area contributed by atoms with Crippen LogP contribution in [0.4, 0.5) is 0 Å². The molecule has 0 saturated carbocycles. The van der Waals surface area contributed by atoms with Crippen LogP contribution >= 0.6 is 0 Å². The number of aromatic nitrogens is 2. The number of imidazole rings is 1. The number of ether oxygens (including phenoxy) is 2. The smallest absolute Gasteiger partial charge is 0.325 e. The number of nitrogens with zero attached hydrogens (tertiary/aromatic N) is 3. The second-order valence-electron chi connectivity index (χ2n) is 7.07. The van der Waals surface area contributed by atoms with E-state index in [0.29, 0.717) is 23.0 Å². The summed E-state index contributed by atoms with van der Waals surface area (Å²) < 4.78 is 13.0. The highest BCUT2D eigenvalue weighted by Crippen LogP contribution is 2.39. The Morgan fingerprint density at radius 2 is 2.04 bits per heavy atom. The molecule has 1 atom stereocenters. The predicted octanol–water partition coefficient (Wildman–Crippen LogP) is 2.75. The molecule has 3 rings (SSSR count). The summed E-state index contributed by atoms with van der Waals surface area (Å²) in [6.45, 7) is 4.32. The zero-order valence-corrected chi connectivity index (χ0v) is 16.1. The van der Waals surface area contributed by atoms with Crippen molar-refractivity contribution in [2.45, 2.75) is 32.4 Å². The number of carboxylic acid groups (broad SMARTS) is 1. The molecule has 7 heteroatoms. The van der Waals surface area contributed by atoms with Crippen molar-refractivity contribution < 1.29 is 19.4 Å². The van der Waals surface area contributed by atoms with Crippen molar-refractivity contribution in [3.8, 4) is 11.5 Å². The van der Waals surface area contributed by atoms with Crippen molar-refractivity contribution in [2.75, 3.05) is 27.3 Å². The van der Waals surface area contributed by atoms with Gasteiger partial charge in [-0.25, -0.2) is 4.98 Å². The molecular weight excluding hydrogens is 346 g/mol. The second-order valence-corrected chi connectivity index (χ2v) is 7.07. The highest BCUT2D eigenvalue weighted by molar-refractivity contribution is 5.77. The minimum absolute atomic E-state index is 0.496. The second kappa shape index (κ2) is 8.43. The molecule has 1 aromatic carbocycles. The molecule has 2 heterocycles. The van der Waals surface area contributed by atoms with Gasteiger partial charge in [0.25, 0.3) is 0 Å². The molecule has 1 saturated heterocycles. The summed E-state index contributed by atoms with van der Waals surface area (Å²) in [5.41, 5.74) is 1.60. The van der Waals surface area contributed by atoms with E-state index in [1.807, 2.05) is 36.5 Å². The normalized spacial score (nSPS) is 16.9. The highest BCUT2D eigenvalue weighted by Gasteiger charge is 2.34. The van der Waals surface area contributed by atoms with Gasteiger partial charge in [-0.05, 0) is 56.5 Å². The summed E-state index contributed by atoms with van der Waals surface area (Å²) in [7, 11) is 3.12. The minimum atomic E-state index is -0.867. The first-order chi connectivity index (χ1) is 13.0. The van der Waals surface area contributed by atoms with Crippen molar-refractivity contribution in [3.63, 3.8) is 0 Å². The van der Waals surface area contributed by atoms with Gasteiger partial charge >= 0.3 is 5.97 Å². The van der Waals surface area contributed by atoms with Gasteiger partial charge < -0.3 is 19.1 Å². The molecule has 146 valence electrons. The Labute approximate surface area is 159 Å². The number of aryl methyl sites for hydroxylation is 1. The van der Waals surface area contributed by atoms with Gasteiger partial charge in [0.05, 0.1) is 20.5 Å². The molecule has 0 aliphatic carbocycles. The van der Waals surface area contributed by atoms with Crippen LogP contribution in [0.2, 0.25) is 0 Å². The Morgan fingerprint density at radius 1 is 1.30 bits per heavy atom. The zero-order valence-electron chi connectivity index (χ0n) is 16.1. The van der Waals surface area contributed by atoms with Gasteiger partial charge in [-0.1, -0.05) is 0 Å². The summed E-state index contributed by atoms with van der Waals surface area (Å²) in [6.07, 6.45) is 7.49. The lowest BCUT2D eigenvalue weighted by Gasteiger charge is -2.36. The van der Waals surface area contributed by atoms with Crippen LogP contribution in [-0.2, 0) is 11.3 Å². The third kappa shape index (κ3) is 4.24. The maximum atomic E-state index is 12.2. The van der Waals surface area contributed by atoms with E-state index in [1.54, 1.807) is 20.4 Å². The van der Waals surface area contributed by atoms with E-state index >= 15 is 0 Å². The molecule has 1 aliphatic rings. The van der Waals surface area contributed by atoms with Crippen molar-refractivity contribution in [2.24, 2.45) is 5.92 Å². The first kappa shape index (κ1) is 19.2. The summed E-state index contributed by atoms with van der Waals surface area (Å²) in [6, 6.07) is 3.00. The molecular formula is C20H27N3O4. The third-order valence-electron chi connectivity index (χ3n) is 5.22.